The molecule has 28 heavy (non-hydrogen) atoms. The van der Waals surface area contributed by atoms with E-state index < -0.39 is 15.6 Å². The molecular formula is C20H26ClN3O3S. The minimum absolute atomic E-state index is 0.0668. The van der Waals surface area contributed by atoms with Crippen molar-refractivity contribution in [3.63, 3.8) is 0 Å². The van der Waals surface area contributed by atoms with Gasteiger partial charge in [-0.2, -0.15) is 0 Å². The van der Waals surface area contributed by atoms with Gasteiger partial charge in [-0.15, -0.1) is 0 Å². The normalized spacial score (nSPS) is 11.9. The Morgan fingerprint density at radius 1 is 1.11 bits per heavy atom. The molecule has 0 aliphatic carbocycles. The van der Waals surface area contributed by atoms with Gasteiger partial charge in [0, 0.05) is 36.9 Å². The molecule has 0 saturated carbocycles. The fourth-order valence-electron chi connectivity index (χ4n) is 2.56. The van der Waals surface area contributed by atoms with Gasteiger partial charge in [-0.25, -0.2) is 13.1 Å². The summed E-state index contributed by atoms with van der Waals surface area (Å²) in [6, 6.07) is 14.0. The number of amides is 1. The summed E-state index contributed by atoms with van der Waals surface area (Å²) >= 11 is 6.07. The van der Waals surface area contributed by atoms with E-state index in [1.54, 1.807) is 20.8 Å². The van der Waals surface area contributed by atoms with Crippen LogP contribution in [0.3, 0.4) is 0 Å². The van der Waals surface area contributed by atoms with Crippen LogP contribution in [0.4, 0.5) is 5.69 Å². The number of hydrogen-bond donors (Lipinski definition) is 2. The van der Waals surface area contributed by atoms with Crippen LogP contribution < -0.4 is 14.9 Å². The van der Waals surface area contributed by atoms with Crippen molar-refractivity contribution in [1.82, 2.24) is 10.0 Å². The molecule has 0 spiro atoms. The molecule has 2 aromatic rings. The van der Waals surface area contributed by atoms with E-state index in [9.17, 15) is 13.2 Å². The van der Waals surface area contributed by atoms with Crippen molar-refractivity contribution >= 4 is 33.2 Å². The van der Waals surface area contributed by atoms with Crippen LogP contribution >= 0.6 is 11.6 Å². The molecule has 0 aromatic heterocycles. The zero-order valence-electron chi connectivity index (χ0n) is 16.5. The Morgan fingerprint density at radius 2 is 1.75 bits per heavy atom. The first-order valence-electron chi connectivity index (χ1n) is 8.87. The van der Waals surface area contributed by atoms with E-state index in [0.29, 0.717) is 13.1 Å². The third-order valence-corrected chi connectivity index (χ3v) is 6.09. The highest BCUT2D eigenvalue weighted by molar-refractivity contribution is 7.89. The van der Waals surface area contributed by atoms with E-state index >= 15 is 0 Å². The number of hydrogen-bond acceptors (Lipinski definition) is 4. The number of anilines is 1. The van der Waals surface area contributed by atoms with Gasteiger partial charge < -0.3 is 10.2 Å². The number of nitrogens with one attached hydrogen (secondary N) is 2. The molecule has 6 nitrogen and oxygen atoms in total. The fraction of sp³-hybridized carbons (Fsp3) is 0.350. The first kappa shape index (κ1) is 22.2. The summed E-state index contributed by atoms with van der Waals surface area (Å²) in [6.45, 7) is 6.23. The van der Waals surface area contributed by atoms with Gasteiger partial charge in [-0.1, -0.05) is 29.8 Å². The monoisotopic (exact) mass is 423 g/mol. The van der Waals surface area contributed by atoms with Crippen molar-refractivity contribution < 1.29 is 13.2 Å². The lowest BCUT2D eigenvalue weighted by Crippen LogP contribution is -2.40. The average molecular weight is 424 g/mol. The van der Waals surface area contributed by atoms with Gasteiger partial charge in [0.05, 0.1) is 5.02 Å². The van der Waals surface area contributed by atoms with Crippen LogP contribution in [-0.2, 0) is 10.0 Å². The maximum absolute atomic E-state index is 12.6. The predicted octanol–water partition coefficient (Wildman–Crippen LogP) is 3.28. The van der Waals surface area contributed by atoms with Crippen LogP contribution in [-0.4, -0.2) is 40.0 Å². The van der Waals surface area contributed by atoms with Gasteiger partial charge in [0.15, 0.2) is 0 Å². The van der Waals surface area contributed by atoms with Crippen LogP contribution in [0, 0.1) is 0 Å². The first-order chi connectivity index (χ1) is 13.0. The smallest absolute Gasteiger partial charge is 0.251 e. The third-order valence-electron chi connectivity index (χ3n) is 3.85. The van der Waals surface area contributed by atoms with Crippen LogP contribution in [0.25, 0.3) is 0 Å². The van der Waals surface area contributed by atoms with Gasteiger partial charge in [0.1, 0.15) is 4.90 Å². The summed E-state index contributed by atoms with van der Waals surface area (Å²) < 4.78 is 27.7. The SMILES string of the molecule is CN(CCNC(=O)c1ccc(Cl)c(S(=O)(=O)NC(C)(C)C)c1)c1ccccc1. The number of para-hydroxylation sites is 1. The van der Waals surface area contributed by atoms with E-state index in [1.165, 1.54) is 18.2 Å². The number of benzene rings is 2. The minimum atomic E-state index is -3.84. The molecule has 8 heteroatoms. The number of nitrogens with zero attached hydrogens (tertiary/aromatic N) is 1. The first-order valence-corrected chi connectivity index (χ1v) is 10.7. The van der Waals surface area contributed by atoms with Crippen molar-refractivity contribution in [2.75, 3.05) is 25.0 Å². The van der Waals surface area contributed by atoms with E-state index in [4.69, 9.17) is 11.6 Å². The van der Waals surface area contributed by atoms with Crippen molar-refractivity contribution in [2.45, 2.75) is 31.2 Å². The van der Waals surface area contributed by atoms with Crippen molar-refractivity contribution in [3.8, 4) is 0 Å². The van der Waals surface area contributed by atoms with Gasteiger partial charge in [0.25, 0.3) is 5.91 Å². The van der Waals surface area contributed by atoms with E-state index in [0.717, 1.165) is 5.69 Å². The Kier molecular flexibility index (Phi) is 7.09. The molecular weight excluding hydrogens is 398 g/mol. The van der Waals surface area contributed by atoms with Crippen LogP contribution in [0.2, 0.25) is 5.02 Å². The summed E-state index contributed by atoms with van der Waals surface area (Å²) in [7, 11) is -1.91. The number of carbonyl (C=O) groups excluding carboxylic acids is 1. The Morgan fingerprint density at radius 3 is 2.36 bits per heavy atom. The van der Waals surface area contributed by atoms with Gasteiger partial charge in [-0.3, -0.25) is 4.79 Å². The summed E-state index contributed by atoms with van der Waals surface area (Å²) in [5.41, 5.74) is 0.619. The van der Waals surface area contributed by atoms with Gasteiger partial charge in [-0.05, 0) is 51.1 Å². The van der Waals surface area contributed by atoms with E-state index in [2.05, 4.69) is 10.0 Å². The van der Waals surface area contributed by atoms with Crippen molar-refractivity contribution in [3.05, 3.63) is 59.1 Å². The van der Waals surface area contributed by atoms with Gasteiger partial charge in [0.2, 0.25) is 10.0 Å². The second-order valence-electron chi connectivity index (χ2n) is 7.51. The van der Waals surface area contributed by atoms with Crippen molar-refractivity contribution in [2.24, 2.45) is 0 Å². The molecule has 0 heterocycles. The zero-order valence-corrected chi connectivity index (χ0v) is 18.1. The highest BCUT2D eigenvalue weighted by Gasteiger charge is 2.25. The second kappa shape index (κ2) is 8.94. The molecule has 2 aromatic carbocycles. The standard InChI is InChI=1S/C20H26ClN3O3S/c1-20(2,3)23-28(26,27)18-14-15(10-11-17(18)21)19(25)22-12-13-24(4)16-8-6-5-7-9-16/h5-11,14,23H,12-13H2,1-4H3,(H,22,25). The molecule has 0 saturated heterocycles. The Bertz CT molecular complexity index is 925. The molecule has 0 aliphatic rings. The number of rotatable bonds is 7. The molecule has 0 atom stereocenters. The van der Waals surface area contributed by atoms with E-state index in [1.807, 2.05) is 42.3 Å². The Balaban J connectivity index is 2.06. The molecule has 1 amide bonds. The average Bonchev–Trinajstić information content (AvgIpc) is 2.60. The van der Waals surface area contributed by atoms with Crippen LogP contribution in [0.15, 0.2) is 53.4 Å². The van der Waals surface area contributed by atoms with Crippen LogP contribution in [0.5, 0.6) is 0 Å². The lowest BCUT2D eigenvalue weighted by Gasteiger charge is -2.21. The molecule has 0 unspecified atom stereocenters. The molecule has 0 fully saturated rings. The van der Waals surface area contributed by atoms with Crippen LogP contribution in [0.1, 0.15) is 31.1 Å². The molecule has 0 aliphatic heterocycles. The maximum Gasteiger partial charge on any atom is 0.251 e. The molecule has 0 bridgehead atoms. The predicted molar refractivity (Wildman–Crippen MR) is 114 cm³/mol. The minimum Gasteiger partial charge on any atom is -0.373 e. The largest absolute Gasteiger partial charge is 0.373 e. The zero-order chi connectivity index (χ0) is 20.9. The molecule has 2 N–H and O–H groups in total. The highest BCUT2D eigenvalue weighted by Crippen LogP contribution is 2.24. The molecule has 2 rings (SSSR count). The summed E-state index contributed by atoms with van der Waals surface area (Å²) in [6.07, 6.45) is 0. The third kappa shape index (κ3) is 6.22. The number of carbonyl (C=O) groups is 1. The van der Waals surface area contributed by atoms with Gasteiger partial charge >= 0.3 is 0 Å². The number of sulfonamides is 1. The quantitative estimate of drug-likeness (QED) is 0.716. The summed E-state index contributed by atoms with van der Waals surface area (Å²) in [5, 5.41) is 2.87. The lowest BCUT2D eigenvalue weighted by molar-refractivity contribution is 0.0954. The fourth-order valence-corrected chi connectivity index (χ4v) is 4.50. The highest BCUT2D eigenvalue weighted by atomic mass is 35.5. The number of likely N-dealkylation sites (N-methyl/N-ethyl adjacent to an activating group) is 1. The van der Waals surface area contributed by atoms with Crippen molar-refractivity contribution in [1.29, 1.82) is 0 Å². The Hall–Kier alpha value is -2.09. The second-order valence-corrected chi connectivity index (χ2v) is 9.57. The maximum atomic E-state index is 12.6. The summed E-state index contributed by atoms with van der Waals surface area (Å²) in [4.78, 5) is 14.4. The molecule has 0 radical (unpaired) electrons. The Labute approximate surface area is 171 Å². The molecule has 152 valence electrons. The summed E-state index contributed by atoms with van der Waals surface area (Å²) in [5.74, 6) is -0.356. The topological polar surface area (TPSA) is 78.5 Å². The number of halogens is 1. The van der Waals surface area contributed by atoms with E-state index in [-0.39, 0.29) is 21.4 Å². The lowest BCUT2D eigenvalue weighted by atomic mass is 10.1.